The molecule has 0 aliphatic carbocycles. The van der Waals surface area contributed by atoms with E-state index in [9.17, 15) is 0 Å². The maximum atomic E-state index is 5.98. The van der Waals surface area contributed by atoms with Crippen LogP contribution in [0.5, 0.6) is 0 Å². The first-order chi connectivity index (χ1) is 44.1. The van der Waals surface area contributed by atoms with Crippen LogP contribution in [0.4, 0.5) is 0 Å². The molecule has 0 bridgehead atoms. The van der Waals surface area contributed by atoms with Gasteiger partial charge in [-0.05, 0) is 154 Å². The van der Waals surface area contributed by atoms with Gasteiger partial charge in [0.2, 0.25) is 0 Å². The summed E-state index contributed by atoms with van der Waals surface area (Å²) in [5.74, 6) is 0. The van der Waals surface area contributed by atoms with Crippen LogP contribution in [0.25, 0.3) is 169 Å². The van der Waals surface area contributed by atoms with Crippen LogP contribution in [0.1, 0.15) is 0 Å². The van der Waals surface area contributed by atoms with Gasteiger partial charge in [0.25, 0.3) is 0 Å². The van der Waals surface area contributed by atoms with E-state index in [1.54, 1.807) is 0 Å². The first-order valence-corrected chi connectivity index (χ1v) is 30.9. The smallest absolute Gasteiger partial charge is 0.153 e. The van der Waals surface area contributed by atoms with Crippen LogP contribution in [0, 0.1) is 0 Å². The van der Waals surface area contributed by atoms with E-state index < -0.39 is 0 Å². The summed E-state index contributed by atoms with van der Waals surface area (Å²) in [6.07, 6.45) is 3.78. The van der Waals surface area contributed by atoms with Gasteiger partial charge in [-0.2, -0.15) is 0 Å². The molecule has 0 fully saturated rings. The lowest BCUT2D eigenvalue weighted by Gasteiger charge is -2.11. The number of fused-ring (bicyclic) bond motifs is 15. The minimum absolute atomic E-state index is 0.816. The second-order valence-electron chi connectivity index (χ2n) is 22.8. The molecule has 0 N–H and O–H groups in total. The molecule has 416 valence electrons. The van der Waals surface area contributed by atoms with Crippen molar-refractivity contribution in [3.05, 3.63) is 310 Å². The number of pyridine rings is 2. The van der Waals surface area contributed by atoms with Crippen molar-refractivity contribution >= 4 is 119 Å². The maximum Gasteiger partial charge on any atom is 0.153 e. The molecule has 7 heteroatoms. The molecular formula is C82H51N5OS. The van der Waals surface area contributed by atoms with E-state index in [4.69, 9.17) is 9.40 Å². The van der Waals surface area contributed by atoms with Crippen LogP contribution >= 0.6 is 11.3 Å². The average molecular weight is 1150 g/mol. The van der Waals surface area contributed by atoms with E-state index in [-0.39, 0.29) is 0 Å². The van der Waals surface area contributed by atoms with Crippen molar-refractivity contribution in [1.29, 1.82) is 0 Å². The highest BCUT2D eigenvalue weighted by Gasteiger charge is 2.20. The lowest BCUT2D eigenvalue weighted by atomic mass is 9.97. The maximum absolute atomic E-state index is 5.98. The van der Waals surface area contributed by atoms with Crippen molar-refractivity contribution in [2.45, 2.75) is 0 Å². The summed E-state index contributed by atoms with van der Waals surface area (Å²) in [5, 5.41) is 9.82. The number of furan rings is 1. The van der Waals surface area contributed by atoms with E-state index in [0.29, 0.717) is 0 Å². The van der Waals surface area contributed by atoms with Crippen LogP contribution in [0.3, 0.4) is 0 Å². The lowest BCUT2D eigenvalue weighted by Crippen LogP contribution is -1.94. The predicted octanol–water partition coefficient (Wildman–Crippen LogP) is 22.4. The minimum Gasteiger partial charge on any atom is -0.454 e. The molecular weight excluding hydrogens is 1100 g/mol. The molecule has 0 saturated heterocycles. The minimum atomic E-state index is 0.816. The average Bonchev–Trinajstić information content (AvgIpc) is 1.74. The Labute approximate surface area is 515 Å². The Morgan fingerprint density at radius 2 is 0.685 bits per heavy atom. The van der Waals surface area contributed by atoms with Gasteiger partial charge in [-0.1, -0.05) is 182 Å². The van der Waals surface area contributed by atoms with E-state index in [1.807, 2.05) is 41.9 Å². The Kier molecular flexibility index (Phi) is 11.7. The number of hydrogen-bond donors (Lipinski definition) is 0. The predicted molar refractivity (Wildman–Crippen MR) is 373 cm³/mol. The number of rotatable bonds is 7. The molecule has 12 aromatic carbocycles. The third-order valence-electron chi connectivity index (χ3n) is 17.8. The van der Waals surface area contributed by atoms with Gasteiger partial charge in [0.1, 0.15) is 11.1 Å². The highest BCUT2D eigenvalue weighted by molar-refractivity contribution is 7.26. The Balaban J connectivity index is 0.000000139. The Hall–Kier alpha value is -11.6. The van der Waals surface area contributed by atoms with Gasteiger partial charge >= 0.3 is 0 Å². The molecule has 0 radical (unpaired) electrons. The summed E-state index contributed by atoms with van der Waals surface area (Å²) in [5.41, 5.74) is 23.9. The second kappa shape index (κ2) is 20.5. The van der Waals surface area contributed by atoms with Crippen LogP contribution in [0.15, 0.2) is 314 Å². The van der Waals surface area contributed by atoms with Crippen molar-refractivity contribution in [2.24, 2.45) is 0 Å². The zero-order valence-corrected chi connectivity index (χ0v) is 48.8. The topological polar surface area (TPSA) is 53.7 Å². The number of thiophene rings is 1. The van der Waals surface area contributed by atoms with Crippen molar-refractivity contribution in [1.82, 2.24) is 23.7 Å². The number of aromatic nitrogens is 5. The van der Waals surface area contributed by atoms with E-state index in [1.165, 1.54) is 125 Å². The third-order valence-corrected chi connectivity index (χ3v) is 19.1. The molecule has 7 aromatic heterocycles. The lowest BCUT2D eigenvalue weighted by molar-refractivity contribution is 0.668. The Morgan fingerprint density at radius 3 is 1.29 bits per heavy atom. The van der Waals surface area contributed by atoms with Gasteiger partial charge in [0, 0.05) is 82.8 Å². The molecule has 19 rings (SSSR count). The number of hydrogen-bond acceptors (Lipinski definition) is 4. The molecule has 0 aliphatic rings. The van der Waals surface area contributed by atoms with Gasteiger partial charge in [-0.15, -0.1) is 11.3 Å². The zero-order valence-electron chi connectivity index (χ0n) is 48.0. The van der Waals surface area contributed by atoms with Gasteiger partial charge in [0.05, 0.1) is 43.3 Å². The quantitative estimate of drug-likeness (QED) is 0.160. The summed E-state index contributed by atoms with van der Waals surface area (Å²) >= 11 is 1.85. The summed E-state index contributed by atoms with van der Waals surface area (Å²) in [4.78, 5) is 9.52. The van der Waals surface area contributed by atoms with Crippen molar-refractivity contribution in [2.75, 3.05) is 0 Å². The standard InChI is InChI=1S/C47H29N3S.C35H22N2O/c1-5-22-41-36(16-1)37-17-2-6-23-42(37)49(41)32-14-9-12-30(28-32)34-20-11-21-40-45-47(51-46(34)40)35(26-27-48-45)31-13-10-15-33(29-31)50-43-24-7-3-18-38(43)39-19-4-8-25-44(39)50;1-2-10-27(11-3-1)37-31-13-5-4-12-28(31)29-21-25(15-17-32(29)37)23-8-6-9-24(20-23)26-16-18-33-30(22-26)35-34(38-33)14-7-19-36-35/h1-29H;1-22H. The Bertz CT molecular complexity index is 5700. The molecule has 0 atom stereocenters. The van der Waals surface area contributed by atoms with Gasteiger partial charge < -0.3 is 18.1 Å². The zero-order chi connectivity index (χ0) is 58.5. The molecule has 0 saturated carbocycles. The highest BCUT2D eigenvalue weighted by Crippen LogP contribution is 2.45. The summed E-state index contributed by atoms with van der Waals surface area (Å²) in [6, 6.07) is 107. The number of nitrogens with zero attached hydrogens (tertiary/aromatic N) is 5. The van der Waals surface area contributed by atoms with E-state index >= 15 is 0 Å². The molecule has 0 unspecified atom stereocenters. The van der Waals surface area contributed by atoms with Crippen LogP contribution < -0.4 is 0 Å². The molecule has 6 nitrogen and oxygen atoms in total. The van der Waals surface area contributed by atoms with Gasteiger partial charge in [-0.3, -0.25) is 9.97 Å². The molecule has 89 heavy (non-hydrogen) atoms. The second-order valence-corrected chi connectivity index (χ2v) is 23.8. The van der Waals surface area contributed by atoms with Crippen LogP contribution in [-0.4, -0.2) is 23.7 Å². The molecule has 0 amide bonds. The van der Waals surface area contributed by atoms with Gasteiger partial charge in [0.15, 0.2) is 5.58 Å². The fourth-order valence-electron chi connectivity index (χ4n) is 13.8. The summed E-state index contributed by atoms with van der Waals surface area (Å²) < 4.78 is 15.6. The first-order valence-electron chi connectivity index (χ1n) is 30.1. The van der Waals surface area contributed by atoms with Crippen molar-refractivity contribution in [3.63, 3.8) is 0 Å². The summed E-state index contributed by atoms with van der Waals surface area (Å²) in [7, 11) is 0. The number of benzene rings is 12. The van der Waals surface area contributed by atoms with Gasteiger partial charge in [-0.25, -0.2) is 0 Å². The van der Waals surface area contributed by atoms with E-state index in [0.717, 1.165) is 44.5 Å². The summed E-state index contributed by atoms with van der Waals surface area (Å²) in [6.45, 7) is 0. The SMILES string of the molecule is c1cc(-c2cccc3c2sc2c(-c4cccc(-n5c6ccccc6c6ccccc65)c4)ccnc23)cc(-n2c3ccccc3c3ccccc32)c1.c1ccc(-n2c3ccccc3c3cc(-c4cccc(-c5ccc6oc7cccnc7c6c5)c4)ccc32)cc1. The van der Waals surface area contributed by atoms with E-state index in [2.05, 4.69) is 298 Å². The molecule has 0 aliphatic heterocycles. The van der Waals surface area contributed by atoms with Crippen LogP contribution in [-0.2, 0) is 0 Å². The molecule has 7 heterocycles. The number of para-hydroxylation sites is 6. The largest absolute Gasteiger partial charge is 0.454 e. The highest BCUT2D eigenvalue weighted by atomic mass is 32.1. The van der Waals surface area contributed by atoms with Crippen molar-refractivity contribution in [3.8, 4) is 61.6 Å². The first kappa shape index (κ1) is 50.7. The molecule has 0 spiro atoms. The normalized spacial score (nSPS) is 11.8. The molecule has 19 aromatic rings. The monoisotopic (exact) mass is 1150 g/mol. The fraction of sp³-hybridized carbons (Fsp3) is 0. The fourth-order valence-corrected chi connectivity index (χ4v) is 15.2. The Morgan fingerprint density at radius 1 is 0.247 bits per heavy atom. The van der Waals surface area contributed by atoms with Crippen LogP contribution in [0.2, 0.25) is 0 Å². The van der Waals surface area contributed by atoms with Crippen molar-refractivity contribution < 1.29 is 4.42 Å². The third kappa shape index (κ3) is 8.24.